The Kier molecular flexibility index (Phi) is 12.4. The number of hydrogen-bond donors (Lipinski definition) is 3. The first-order chi connectivity index (χ1) is 11.7. The van der Waals surface area contributed by atoms with Crippen molar-refractivity contribution < 1.29 is 24.8 Å². The number of unbranched alkanes of at least 4 members (excludes halogenated alkanes) is 8. The highest BCUT2D eigenvalue weighted by atomic mass is 16.5. The van der Waals surface area contributed by atoms with Gasteiger partial charge >= 0.3 is 0 Å². The molecule has 0 amide bonds. The van der Waals surface area contributed by atoms with Crippen LogP contribution < -0.4 is 0 Å². The van der Waals surface area contributed by atoms with E-state index in [0.717, 1.165) is 12.8 Å². The van der Waals surface area contributed by atoms with Crippen molar-refractivity contribution in [3.63, 3.8) is 0 Å². The van der Waals surface area contributed by atoms with E-state index in [1.165, 1.54) is 44.9 Å². The Morgan fingerprint density at radius 3 is 2.25 bits per heavy atom. The third kappa shape index (κ3) is 9.14. The molecule has 142 valence electrons. The molecular weight excluding hydrogens is 308 g/mol. The lowest BCUT2D eigenvalue weighted by Gasteiger charge is -2.20. The molecule has 0 radical (unpaired) electrons. The maximum Gasteiger partial charge on any atom is 0.114 e. The predicted molar refractivity (Wildman–Crippen MR) is 94.9 cm³/mol. The third-order valence-electron chi connectivity index (χ3n) is 4.50. The van der Waals surface area contributed by atoms with Crippen LogP contribution in [0.25, 0.3) is 0 Å². The van der Waals surface area contributed by atoms with Crippen molar-refractivity contribution >= 4 is 0 Å². The van der Waals surface area contributed by atoms with Crippen molar-refractivity contribution in [3.05, 3.63) is 12.2 Å². The highest BCUT2D eigenvalue weighted by molar-refractivity contribution is 4.87. The van der Waals surface area contributed by atoms with Crippen molar-refractivity contribution in [1.82, 2.24) is 0 Å². The molecule has 5 nitrogen and oxygen atoms in total. The van der Waals surface area contributed by atoms with Gasteiger partial charge in [0.1, 0.15) is 24.4 Å². The van der Waals surface area contributed by atoms with Crippen molar-refractivity contribution in [2.75, 3.05) is 19.8 Å². The monoisotopic (exact) mass is 344 g/mol. The van der Waals surface area contributed by atoms with Crippen LogP contribution in [0.15, 0.2) is 12.2 Å². The average Bonchev–Trinajstić information content (AvgIpc) is 2.91. The Morgan fingerprint density at radius 2 is 1.67 bits per heavy atom. The van der Waals surface area contributed by atoms with Crippen LogP contribution in [0.1, 0.15) is 64.7 Å². The van der Waals surface area contributed by atoms with E-state index in [-0.39, 0.29) is 13.2 Å². The molecule has 1 aliphatic rings. The Balaban J connectivity index is 1.84. The van der Waals surface area contributed by atoms with E-state index in [0.29, 0.717) is 6.61 Å². The van der Waals surface area contributed by atoms with E-state index in [2.05, 4.69) is 19.1 Å². The van der Waals surface area contributed by atoms with Gasteiger partial charge in [-0.2, -0.15) is 0 Å². The average molecular weight is 344 g/mol. The summed E-state index contributed by atoms with van der Waals surface area (Å²) < 4.78 is 10.6. The van der Waals surface area contributed by atoms with Crippen molar-refractivity contribution in [2.45, 2.75) is 89.1 Å². The molecule has 3 N–H and O–H groups in total. The normalized spacial score (nSPS) is 25.6. The summed E-state index contributed by atoms with van der Waals surface area (Å²) in [5, 5.41) is 28.9. The number of rotatable bonds is 14. The molecule has 0 aromatic carbocycles. The first-order valence-electron chi connectivity index (χ1n) is 9.51. The summed E-state index contributed by atoms with van der Waals surface area (Å²) in [4.78, 5) is 0. The van der Waals surface area contributed by atoms with Gasteiger partial charge in [-0.05, 0) is 26.2 Å². The number of aliphatic hydroxyl groups is 3. The van der Waals surface area contributed by atoms with Gasteiger partial charge in [0.2, 0.25) is 0 Å². The Hall–Kier alpha value is -0.460. The molecule has 24 heavy (non-hydrogen) atoms. The molecule has 4 atom stereocenters. The molecule has 0 bridgehead atoms. The fourth-order valence-corrected chi connectivity index (χ4v) is 2.96. The highest BCUT2D eigenvalue weighted by Gasteiger charge is 2.39. The largest absolute Gasteiger partial charge is 0.388 e. The zero-order valence-electron chi connectivity index (χ0n) is 15.1. The zero-order valence-corrected chi connectivity index (χ0v) is 15.1. The van der Waals surface area contributed by atoms with Gasteiger partial charge in [-0.25, -0.2) is 0 Å². The van der Waals surface area contributed by atoms with Gasteiger partial charge < -0.3 is 24.8 Å². The molecule has 0 saturated carbocycles. The van der Waals surface area contributed by atoms with Crippen molar-refractivity contribution in [1.29, 1.82) is 0 Å². The fraction of sp³-hybridized carbons (Fsp3) is 0.895. The van der Waals surface area contributed by atoms with Crippen LogP contribution in [0, 0.1) is 0 Å². The van der Waals surface area contributed by atoms with E-state index in [1.54, 1.807) is 0 Å². The molecule has 1 heterocycles. The molecule has 1 saturated heterocycles. The standard InChI is InChI=1S/C19H36O5/c1-2-3-4-5-6-7-8-9-10-11-12-13-23-14-17(21)19-18(22)16(20)15-24-19/h2-3,16-22H,4-15H2,1H3/b3-2+/t16-,17+,18+,19+/m0/s1. The summed E-state index contributed by atoms with van der Waals surface area (Å²) in [6, 6.07) is 0. The van der Waals surface area contributed by atoms with E-state index >= 15 is 0 Å². The molecular formula is C19H36O5. The van der Waals surface area contributed by atoms with Gasteiger partial charge in [0.25, 0.3) is 0 Å². The first-order valence-corrected chi connectivity index (χ1v) is 9.51. The van der Waals surface area contributed by atoms with Crippen molar-refractivity contribution in [2.24, 2.45) is 0 Å². The Labute approximate surface area is 146 Å². The first kappa shape index (κ1) is 21.6. The predicted octanol–water partition coefficient (Wildman–Crippen LogP) is 2.57. The summed E-state index contributed by atoms with van der Waals surface area (Å²) in [6.07, 6.45) is 11.9. The fourth-order valence-electron chi connectivity index (χ4n) is 2.96. The molecule has 1 rings (SSSR count). The molecule has 0 aliphatic carbocycles. The molecule has 1 aliphatic heterocycles. The van der Waals surface area contributed by atoms with E-state index in [9.17, 15) is 15.3 Å². The van der Waals surface area contributed by atoms with Crippen LogP contribution in [0.3, 0.4) is 0 Å². The molecule has 0 aromatic heterocycles. The second-order valence-electron chi connectivity index (χ2n) is 6.68. The van der Waals surface area contributed by atoms with Gasteiger partial charge in [-0.15, -0.1) is 0 Å². The lowest BCUT2D eigenvalue weighted by Crippen LogP contribution is -2.40. The summed E-state index contributed by atoms with van der Waals surface area (Å²) >= 11 is 0. The number of ether oxygens (including phenoxy) is 2. The van der Waals surface area contributed by atoms with E-state index in [4.69, 9.17) is 9.47 Å². The molecule has 0 unspecified atom stereocenters. The maximum atomic E-state index is 9.89. The molecule has 0 aromatic rings. The summed E-state index contributed by atoms with van der Waals surface area (Å²) in [6.45, 7) is 2.89. The van der Waals surface area contributed by atoms with Gasteiger partial charge in [0.05, 0.1) is 13.2 Å². The smallest absolute Gasteiger partial charge is 0.114 e. The topological polar surface area (TPSA) is 79.2 Å². The van der Waals surface area contributed by atoms with Crippen LogP contribution in [-0.2, 0) is 9.47 Å². The van der Waals surface area contributed by atoms with E-state index < -0.39 is 24.4 Å². The summed E-state index contributed by atoms with van der Waals surface area (Å²) in [7, 11) is 0. The lowest BCUT2D eigenvalue weighted by molar-refractivity contribution is -0.0813. The molecule has 5 heteroatoms. The van der Waals surface area contributed by atoms with Gasteiger partial charge in [-0.1, -0.05) is 50.7 Å². The van der Waals surface area contributed by atoms with Crippen LogP contribution in [0.2, 0.25) is 0 Å². The van der Waals surface area contributed by atoms with Crippen LogP contribution in [-0.4, -0.2) is 59.6 Å². The van der Waals surface area contributed by atoms with Crippen LogP contribution in [0.4, 0.5) is 0 Å². The SMILES string of the molecule is C/C=C/CCCCCCCCCCOC[C@@H](O)[C@H]1OC[C@H](O)[C@H]1O. The third-order valence-corrected chi connectivity index (χ3v) is 4.50. The number of allylic oxidation sites excluding steroid dienone is 2. The summed E-state index contributed by atoms with van der Waals surface area (Å²) in [5.74, 6) is 0. The second-order valence-corrected chi connectivity index (χ2v) is 6.68. The van der Waals surface area contributed by atoms with Gasteiger partial charge in [0, 0.05) is 6.61 Å². The Morgan fingerprint density at radius 1 is 1.04 bits per heavy atom. The lowest BCUT2D eigenvalue weighted by atomic mass is 10.1. The van der Waals surface area contributed by atoms with Gasteiger partial charge in [-0.3, -0.25) is 0 Å². The van der Waals surface area contributed by atoms with Gasteiger partial charge in [0.15, 0.2) is 0 Å². The quantitative estimate of drug-likeness (QED) is 0.333. The highest BCUT2D eigenvalue weighted by Crippen LogP contribution is 2.18. The number of aliphatic hydroxyl groups excluding tert-OH is 3. The minimum Gasteiger partial charge on any atom is -0.388 e. The number of hydrogen-bond acceptors (Lipinski definition) is 5. The Bertz CT molecular complexity index is 321. The zero-order chi connectivity index (χ0) is 17.6. The molecule has 0 spiro atoms. The second kappa shape index (κ2) is 13.8. The maximum absolute atomic E-state index is 9.89. The van der Waals surface area contributed by atoms with Crippen LogP contribution >= 0.6 is 0 Å². The minimum absolute atomic E-state index is 0.0677. The van der Waals surface area contributed by atoms with Crippen LogP contribution in [0.5, 0.6) is 0 Å². The van der Waals surface area contributed by atoms with E-state index in [1.807, 2.05) is 0 Å². The minimum atomic E-state index is -1.03. The van der Waals surface area contributed by atoms with Crippen molar-refractivity contribution in [3.8, 4) is 0 Å². The summed E-state index contributed by atoms with van der Waals surface area (Å²) in [5.41, 5.74) is 0. The molecule has 1 fully saturated rings.